The summed E-state index contributed by atoms with van der Waals surface area (Å²) in [4.78, 5) is 23.2. The molecule has 0 radical (unpaired) electrons. The third-order valence-corrected chi connectivity index (χ3v) is 4.27. The lowest BCUT2D eigenvalue weighted by atomic mass is 10.1. The first-order valence-corrected chi connectivity index (χ1v) is 8.94. The van der Waals surface area contributed by atoms with Gasteiger partial charge in [0.05, 0.1) is 44.1 Å². The minimum absolute atomic E-state index is 0.155. The topological polar surface area (TPSA) is 125 Å². The molecule has 160 valence electrons. The second-order valence-electron chi connectivity index (χ2n) is 6.14. The van der Waals surface area contributed by atoms with E-state index in [1.54, 1.807) is 36.4 Å². The number of nitrogens with one attached hydrogen (secondary N) is 1. The number of nitro groups is 1. The molecular weight excluding hydrogens is 406 g/mol. The lowest BCUT2D eigenvalue weighted by Gasteiger charge is -2.07. The molecule has 1 amide bonds. The Labute approximate surface area is 177 Å². The Kier molecular flexibility index (Phi) is 6.51. The van der Waals surface area contributed by atoms with Crippen molar-refractivity contribution in [1.29, 1.82) is 0 Å². The Morgan fingerprint density at radius 1 is 1.00 bits per heavy atom. The van der Waals surface area contributed by atoms with E-state index < -0.39 is 10.8 Å². The summed E-state index contributed by atoms with van der Waals surface area (Å²) in [6, 6.07) is 12.3. The van der Waals surface area contributed by atoms with Crippen molar-refractivity contribution in [2.24, 2.45) is 5.10 Å². The monoisotopic (exact) mass is 425 g/mol. The third-order valence-electron chi connectivity index (χ3n) is 4.27. The lowest BCUT2D eigenvalue weighted by molar-refractivity contribution is -0.384. The predicted molar refractivity (Wildman–Crippen MR) is 112 cm³/mol. The van der Waals surface area contributed by atoms with Gasteiger partial charge in [0.15, 0.2) is 0 Å². The highest BCUT2D eigenvalue weighted by Crippen LogP contribution is 2.33. The van der Waals surface area contributed by atoms with Crippen LogP contribution in [0.2, 0.25) is 0 Å². The molecule has 2 aromatic carbocycles. The molecular formula is C21H19N3O7. The van der Waals surface area contributed by atoms with Gasteiger partial charge in [-0.3, -0.25) is 14.9 Å². The molecule has 1 heterocycles. The molecule has 0 spiro atoms. The van der Waals surface area contributed by atoms with Crippen LogP contribution in [0.3, 0.4) is 0 Å². The standard InChI is InChI=1S/C21H19N3O7/c1-28-14-4-6-18(19(11-14)24(26)27)20-7-5-15(31-20)12-22-23-21(25)13-8-16(29-2)10-17(9-13)30-3/h4-12H,1-3H3,(H,23,25)/b22-12-. The molecule has 0 aliphatic heterocycles. The predicted octanol–water partition coefficient (Wildman–Crippen LogP) is 3.64. The largest absolute Gasteiger partial charge is 0.497 e. The van der Waals surface area contributed by atoms with Crippen LogP contribution in [0.1, 0.15) is 16.1 Å². The minimum Gasteiger partial charge on any atom is -0.497 e. The summed E-state index contributed by atoms with van der Waals surface area (Å²) in [6.07, 6.45) is 1.29. The summed E-state index contributed by atoms with van der Waals surface area (Å²) >= 11 is 0. The fraction of sp³-hybridized carbons (Fsp3) is 0.143. The van der Waals surface area contributed by atoms with Crippen LogP contribution >= 0.6 is 0 Å². The van der Waals surface area contributed by atoms with E-state index in [-0.39, 0.29) is 17.0 Å². The van der Waals surface area contributed by atoms with Gasteiger partial charge in [-0.25, -0.2) is 5.43 Å². The quantitative estimate of drug-likeness (QED) is 0.332. The van der Waals surface area contributed by atoms with Crippen molar-refractivity contribution in [2.75, 3.05) is 21.3 Å². The Balaban J connectivity index is 1.75. The molecule has 0 unspecified atom stereocenters. The Morgan fingerprint density at radius 3 is 2.29 bits per heavy atom. The molecule has 0 saturated heterocycles. The van der Waals surface area contributed by atoms with Gasteiger partial charge in [0.1, 0.15) is 28.8 Å². The van der Waals surface area contributed by atoms with E-state index in [9.17, 15) is 14.9 Å². The fourth-order valence-electron chi connectivity index (χ4n) is 2.72. The number of benzene rings is 2. The van der Waals surface area contributed by atoms with E-state index >= 15 is 0 Å². The molecule has 10 nitrogen and oxygen atoms in total. The molecule has 0 aliphatic carbocycles. The van der Waals surface area contributed by atoms with E-state index in [0.717, 1.165) is 0 Å². The van der Waals surface area contributed by atoms with Crippen LogP contribution in [0.5, 0.6) is 17.2 Å². The van der Waals surface area contributed by atoms with Gasteiger partial charge >= 0.3 is 0 Å². The smallest absolute Gasteiger partial charge is 0.284 e. The number of carbonyl (C=O) groups excluding carboxylic acids is 1. The number of hydrogen-bond acceptors (Lipinski definition) is 8. The van der Waals surface area contributed by atoms with Gasteiger partial charge in [-0.05, 0) is 36.4 Å². The third kappa shape index (κ3) is 4.99. The van der Waals surface area contributed by atoms with Crippen LogP contribution in [0.4, 0.5) is 5.69 Å². The van der Waals surface area contributed by atoms with Crippen molar-refractivity contribution >= 4 is 17.8 Å². The van der Waals surface area contributed by atoms with Crippen LogP contribution in [-0.2, 0) is 0 Å². The molecule has 1 aromatic heterocycles. The van der Waals surface area contributed by atoms with Crippen molar-refractivity contribution in [3.05, 3.63) is 70.0 Å². The Hall–Kier alpha value is -4.34. The van der Waals surface area contributed by atoms with Gasteiger partial charge in [0, 0.05) is 11.6 Å². The number of nitrogens with zero attached hydrogens (tertiary/aromatic N) is 2. The maximum atomic E-state index is 12.3. The number of amides is 1. The van der Waals surface area contributed by atoms with Crippen molar-refractivity contribution in [2.45, 2.75) is 0 Å². The van der Waals surface area contributed by atoms with Crippen molar-refractivity contribution in [3.63, 3.8) is 0 Å². The molecule has 0 bridgehead atoms. The van der Waals surface area contributed by atoms with E-state index in [2.05, 4.69) is 10.5 Å². The maximum Gasteiger partial charge on any atom is 0.284 e. The highest BCUT2D eigenvalue weighted by Gasteiger charge is 2.19. The molecule has 0 fully saturated rings. The molecule has 3 aromatic rings. The van der Waals surface area contributed by atoms with Gasteiger partial charge in [-0.1, -0.05) is 0 Å². The molecule has 10 heteroatoms. The van der Waals surface area contributed by atoms with Crippen LogP contribution in [-0.4, -0.2) is 38.4 Å². The minimum atomic E-state index is -0.517. The zero-order valence-electron chi connectivity index (χ0n) is 16.9. The number of hydrogen-bond donors (Lipinski definition) is 1. The number of hydrazone groups is 1. The summed E-state index contributed by atoms with van der Waals surface area (Å²) < 4.78 is 20.9. The molecule has 0 aliphatic rings. The average Bonchev–Trinajstić information content (AvgIpc) is 3.26. The number of methoxy groups -OCH3 is 3. The normalized spacial score (nSPS) is 10.7. The van der Waals surface area contributed by atoms with Gasteiger partial charge in [-0.15, -0.1) is 0 Å². The Morgan fingerprint density at radius 2 is 1.68 bits per heavy atom. The van der Waals surface area contributed by atoms with E-state index in [0.29, 0.717) is 28.6 Å². The van der Waals surface area contributed by atoms with Crippen molar-refractivity contribution in [1.82, 2.24) is 5.43 Å². The van der Waals surface area contributed by atoms with Crippen LogP contribution in [0.25, 0.3) is 11.3 Å². The fourth-order valence-corrected chi connectivity index (χ4v) is 2.72. The first kappa shape index (κ1) is 21.4. The highest BCUT2D eigenvalue weighted by atomic mass is 16.6. The number of rotatable bonds is 8. The zero-order valence-corrected chi connectivity index (χ0v) is 16.9. The van der Waals surface area contributed by atoms with Gasteiger partial charge in [0.2, 0.25) is 0 Å². The first-order chi connectivity index (χ1) is 14.9. The SMILES string of the molecule is COc1cc(OC)cc(C(=O)N/N=C\c2ccc(-c3ccc(OC)cc3[N+](=O)[O-])o2)c1. The highest BCUT2D eigenvalue weighted by molar-refractivity contribution is 5.95. The number of carbonyl (C=O) groups is 1. The number of ether oxygens (including phenoxy) is 3. The Bertz CT molecular complexity index is 1120. The summed E-state index contributed by atoms with van der Waals surface area (Å²) in [5, 5.41) is 15.2. The zero-order chi connectivity index (χ0) is 22.4. The van der Waals surface area contributed by atoms with Crippen LogP contribution in [0, 0.1) is 10.1 Å². The molecule has 3 rings (SSSR count). The second-order valence-corrected chi connectivity index (χ2v) is 6.14. The van der Waals surface area contributed by atoms with Gasteiger partial charge in [-0.2, -0.15) is 5.10 Å². The van der Waals surface area contributed by atoms with Gasteiger partial charge < -0.3 is 18.6 Å². The van der Waals surface area contributed by atoms with Gasteiger partial charge in [0.25, 0.3) is 11.6 Å². The summed E-state index contributed by atoms with van der Waals surface area (Å²) in [5.74, 6) is 1.38. The summed E-state index contributed by atoms with van der Waals surface area (Å²) in [6.45, 7) is 0. The molecule has 0 atom stereocenters. The van der Waals surface area contributed by atoms with Crippen molar-refractivity contribution < 1.29 is 28.3 Å². The number of nitro benzene ring substituents is 1. The second kappa shape index (κ2) is 9.44. The summed E-state index contributed by atoms with van der Waals surface area (Å²) in [7, 11) is 4.39. The van der Waals surface area contributed by atoms with E-state index in [1.807, 2.05) is 0 Å². The van der Waals surface area contributed by atoms with Crippen LogP contribution in [0.15, 0.2) is 58.0 Å². The molecule has 31 heavy (non-hydrogen) atoms. The summed E-state index contributed by atoms with van der Waals surface area (Å²) in [5.41, 5.74) is 2.81. The molecule has 1 N–H and O–H groups in total. The number of furan rings is 1. The van der Waals surface area contributed by atoms with E-state index in [4.69, 9.17) is 18.6 Å². The van der Waals surface area contributed by atoms with Crippen molar-refractivity contribution in [3.8, 4) is 28.6 Å². The maximum absolute atomic E-state index is 12.3. The first-order valence-electron chi connectivity index (χ1n) is 8.94. The lowest BCUT2D eigenvalue weighted by Crippen LogP contribution is -2.17. The van der Waals surface area contributed by atoms with Crippen LogP contribution < -0.4 is 19.6 Å². The van der Waals surface area contributed by atoms with E-state index in [1.165, 1.54) is 39.7 Å². The average molecular weight is 425 g/mol. The molecule has 0 saturated carbocycles.